The van der Waals surface area contributed by atoms with Gasteiger partial charge in [0.1, 0.15) is 11.5 Å². The van der Waals surface area contributed by atoms with E-state index in [9.17, 15) is 4.79 Å². The lowest BCUT2D eigenvalue weighted by atomic mass is 10.2. The Morgan fingerprint density at radius 2 is 1.73 bits per heavy atom. The van der Waals surface area contributed by atoms with Crippen molar-refractivity contribution in [3.05, 3.63) is 100 Å². The Morgan fingerprint density at radius 3 is 2.61 bits per heavy atom. The molecule has 0 unspecified atom stereocenters. The SMILES string of the molecule is O=c1cc(CSc2nnc3c4ccccc4nc(-c4ccccc4)n23)nc2ccc(Cl)cn12. The van der Waals surface area contributed by atoms with Crippen LogP contribution in [0.1, 0.15) is 5.69 Å². The largest absolute Gasteiger partial charge is 0.269 e. The number of benzene rings is 2. The van der Waals surface area contributed by atoms with Crippen LogP contribution in [0.4, 0.5) is 0 Å². The molecule has 0 amide bonds. The van der Waals surface area contributed by atoms with E-state index in [0.29, 0.717) is 27.3 Å². The fraction of sp³-hybridized carbons (Fsp3) is 0.0417. The average Bonchev–Trinajstić information content (AvgIpc) is 3.28. The number of para-hydroxylation sites is 1. The van der Waals surface area contributed by atoms with E-state index in [1.807, 2.05) is 59.0 Å². The third kappa shape index (κ3) is 3.53. The molecule has 0 saturated carbocycles. The Kier molecular flexibility index (Phi) is 4.82. The summed E-state index contributed by atoms with van der Waals surface area (Å²) in [4.78, 5) is 22.0. The fourth-order valence-corrected chi connectivity index (χ4v) is 4.76. The highest BCUT2D eigenvalue weighted by molar-refractivity contribution is 7.98. The highest BCUT2D eigenvalue weighted by atomic mass is 35.5. The van der Waals surface area contributed by atoms with Crippen molar-refractivity contribution < 1.29 is 0 Å². The summed E-state index contributed by atoms with van der Waals surface area (Å²) in [5.74, 6) is 1.22. The van der Waals surface area contributed by atoms with Crippen LogP contribution < -0.4 is 5.56 Å². The van der Waals surface area contributed by atoms with Gasteiger partial charge in [0.15, 0.2) is 10.8 Å². The predicted octanol–water partition coefficient (Wildman–Crippen LogP) is 4.90. The first kappa shape index (κ1) is 19.9. The summed E-state index contributed by atoms with van der Waals surface area (Å²) in [5.41, 5.74) is 3.58. The number of hydrogen-bond acceptors (Lipinski definition) is 6. The molecular weight excluding hydrogens is 456 g/mol. The lowest BCUT2D eigenvalue weighted by Crippen LogP contribution is -2.15. The standard InChI is InChI=1S/C24H15ClN6OS/c25-16-10-11-20-26-17(12-21(32)30(20)13-16)14-33-24-29-28-23-18-8-4-5-9-19(18)27-22(31(23)24)15-6-2-1-3-7-15/h1-13H,14H2. The monoisotopic (exact) mass is 470 g/mol. The molecule has 0 N–H and O–H groups in total. The molecule has 6 aromatic rings. The summed E-state index contributed by atoms with van der Waals surface area (Å²) in [7, 11) is 0. The van der Waals surface area contributed by atoms with E-state index in [4.69, 9.17) is 16.6 Å². The quantitative estimate of drug-likeness (QED) is 0.341. The van der Waals surface area contributed by atoms with E-state index < -0.39 is 0 Å². The zero-order valence-corrected chi connectivity index (χ0v) is 18.7. The molecule has 0 atom stereocenters. The van der Waals surface area contributed by atoms with Crippen molar-refractivity contribution in [1.29, 1.82) is 0 Å². The Bertz CT molecular complexity index is 1710. The fourth-order valence-electron chi connectivity index (χ4n) is 3.77. The van der Waals surface area contributed by atoms with Crippen LogP contribution >= 0.6 is 23.4 Å². The van der Waals surface area contributed by atoms with Gasteiger partial charge in [-0.25, -0.2) is 9.97 Å². The van der Waals surface area contributed by atoms with E-state index in [-0.39, 0.29) is 5.56 Å². The van der Waals surface area contributed by atoms with E-state index in [1.165, 1.54) is 22.2 Å². The van der Waals surface area contributed by atoms with Gasteiger partial charge in [-0.1, -0.05) is 65.8 Å². The molecule has 0 aliphatic heterocycles. The number of nitrogens with zero attached hydrogens (tertiary/aromatic N) is 6. The van der Waals surface area contributed by atoms with Gasteiger partial charge < -0.3 is 0 Å². The van der Waals surface area contributed by atoms with Crippen molar-refractivity contribution in [3.63, 3.8) is 0 Å². The van der Waals surface area contributed by atoms with Crippen molar-refractivity contribution >= 4 is 45.6 Å². The van der Waals surface area contributed by atoms with E-state index in [2.05, 4.69) is 15.2 Å². The Morgan fingerprint density at radius 1 is 0.909 bits per heavy atom. The number of fused-ring (bicyclic) bond motifs is 4. The van der Waals surface area contributed by atoms with Crippen LogP contribution in [0.2, 0.25) is 5.02 Å². The van der Waals surface area contributed by atoms with Crippen molar-refractivity contribution in [2.75, 3.05) is 0 Å². The number of pyridine rings is 1. The molecule has 6 rings (SSSR count). The molecule has 4 heterocycles. The number of aromatic nitrogens is 6. The van der Waals surface area contributed by atoms with Crippen LogP contribution in [0.15, 0.2) is 88.9 Å². The second-order valence-electron chi connectivity index (χ2n) is 7.41. The van der Waals surface area contributed by atoms with E-state index in [0.717, 1.165) is 27.9 Å². The van der Waals surface area contributed by atoms with Crippen molar-refractivity contribution in [2.24, 2.45) is 0 Å². The number of hydrogen-bond donors (Lipinski definition) is 0. The number of rotatable bonds is 4. The average molecular weight is 471 g/mol. The van der Waals surface area contributed by atoms with Gasteiger partial charge in [-0.2, -0.15) is 0 Å². The molecule has 33 heavy (non-hydrogen) atoms. The second-order valence-corrected chi connectivity index (χ2v) is 8.79. The molecule has 7 nitrogen and oxygen atoms in total. The third-order valence-electron chi connectivity index (χ3n) is 5.27. The van der Waals surface area contributed by atoms with Gasteiger partial charge in [0, 0.05) is 29.0 Å². The molecule has 0 saturated heterocycles. The van der Waals surface area contributed by atoms with Gasteiger partial charge in [0.2, 0.25) is 0 Å². The Hall–Kier alpha value is -3.75. The molecule has 0 aliphatic carbocycles. The molecule has 0 aliphatic rings. The van der Waals surface area contributed by atoms with Crippen LogP contribution in [0.3, 0.4) is 0 Å². The van der Waals surface area contributed by atoms with Crippen molar-refractivity contribution in [1.82, 2.24) is 29.0 Å². The third-order valence-corrected chi connectivity index (χ3v) is 6.46. The van der Waals surface area contributed by atoms with Gasteiger partial charge in [-0.3, -0.25) is 13.6 Å². The lowest BCUT2D eigenvalue weighted by molar-refractivity contribution is 0.911. The first-order valence-corrected chi connectivity index (χ1v) is 11.5. The van der Waals surface area contributed by atoms with Crippen molar-refractivity contribution in [2.45, 2.75) is 10.9 Å². The highest BCUT2D eigenvalue weighted by Crippen LogP contribution is 2.30. The molecular formula is C24H15ClN6OS. The van der Waals surface area contributed by atoms with Crippen molar-refractivity contribution in [3.8, 4) is 11.4 Å². The van der Waals surface area contributed by atoms with Crippen LogP contribution in [0.5, 0.6) is 0 Å². The topological polar surface area (TPSA) is 77.5 Å². The van der Waals surface area contributed by atoms with Gasteiger partial charge in [0.25, 0.3) is 5.56 Å². The molecule has 2 aromatic carbocycles. The summed E-state index contributed by atoms with van der Waals surface area (Å²) in [5, 5.41) is 11.0. The summed E-state index contributed by atoms with van der Waals surface area (Å²) in [6.45, 7) is 0. The van der Waals surface area contributed by atoms with E-state index >= 15 is 0 Å². The second kappa shape index (κ2) is 7.99. The molecule has 0 fully saturated rings. The Labute approximate surface area is 196 Å². The zero-order chi connectivity index (χ0) is 22.4. The maximum absolute atomic E-state index is 12.5. The minimum absolute atomic E-state index is 0.179. The van der Waals surface area contributed by atoms with Gasteiger partial charge >= 0.3 is 0 Å². The maximum Gasteiger partial charge on any atom is 0.258 e. The first-order valence-electron chi connectivity index (χ1n) is 10.2. The molecule has 0 radical (unpaired) electrons. The lowest BCUT2D eigenvalue weighted by Gasteiger charge is -2.09. The van der Waals surface area contributed by atoms with Crippen LogP contribution in [-0.2, 0) is 5.75 Å². The number of thioether (sulfide) groups is 1. The smallest absolute Gasteiger partial charge is 0.258 e. The van der Waals surface area contributed by atoms with Crippen LogP contribution in [0, 0.1) is 0 Å². The minimum Gasteiger partial charge on any atom is -0.269 e. The van der Waals surface area contributed by atoms with Crippen LogP contribution in [-0.4, -0.2) is 29.0 Å². The minimum atomic E-state index is -0.179. The zero-order valence-electron chi connectivity index (χ0n) is 17.1. The summed E-state index contributed by atoms with van der Waals surface area (Å²) < 4.78 is 3.41. The normalized spacial score (nSPS) is 11.5. The molecule has 160 valence electrons. The van der Waals surface area contributed by atoms with Gasteiger partial charge in [0.05, 0.1) is 16.2 Å². The highest BCUT2D eigenvalue weighted by Gasteiger charge is 2.17. The van der Waals surface area contributed by atoms with E-state index in [1.54, 1.807) is 18.3 Å². The summed E-state index contributed by atoms with van der Waals surface area (Å²) in [6.07, 6.45) is 1.57. The summed E-state index contributed by atoms with van der Waals surface area (Å²) in [6, 6.07) is 22.8. The Balaban J connectivity index is 1.46. The van der Waals surface area contributed by atoms with Crippen LogP contribution in [0.25, 0.3) is 33.6 Å². The molecule has 4 aromatic heterocycles. The predicted molar refractivity (Wildman–Crippen MR) is 130 cm³/mol. The maximum atomic E-state index is 12.5. The molecule has 0 spiro atoms. The summed E-state index contributed by atoms with van der Waals surface area (Å²) >= 11 is 7.47. The van der Waals surface area contributed by atoms with Gasteiger partial charge in [-0.15, -0.1) is 10.2 Å². The molecule has 0 bridgehead atoms. The number of halogens is 1. The first-order chi connectivity index (χ1) is 16.2. The van der Waals surface area contributed by atoms with Gasteiger partial charge in [-0.05, 0) is 24.3 Å². The molecule has 9 heteroatoms.